The van der Waals surface area contributed by atoms with Gasteiger partial charge < -0.3 is 10.0 Å². The SMILES string of the molecule is CCC(C)(C)N(C)c1ccc(CO)c(C)n1. The molecule has 0 spiro atoms. The van der Waals surface area contributed by atoms with Crippen LogP contribution in [0.1, 0.15) is 38.4 Å². The van der Waals surface area contributed by atoms with Gasteiger partial charge in [0, 0.05) is 18.3 Å². The second-order valence-electron chi connectivity index (χ2n) is 4.80. The lowest BCUT2D eigenvalue weighted by Gasteiger charge is -2.36. The lowest BCUT2D eigenvalue weighted by Crippen LogP contribution is -2.41. The maximum atomic E-state index is 9.10. The van der Waals surface area contributed by atoms with Crippen molar-refractivity contribution in [2.75, 3.05) is 11.9 Å². The van der Waals surface area contributed by atoms with E-state index in [9.17, 15) is 0 Å². The van der Waals surface area contributed by atoms with Gasteiger partial charge in [0.2, 0.25) is 0 Å². The van der Waals surface area contributed by atoms with Gasteiger partial charge in [-0.05, 0) is 38.8 Å². The highest BCUT2D eigenvalue weighted by molar-refractivity contribution is 5.43. The molecule has 0 aliphatic carbocycles. The van der Waals surface area contributed by atoms with E-state index in [2.05, 4.69) is 37.7 Å². The Bertz CT molecular complexity index is 361. The summed E-state index contributed by atoms with van der Waals surface area (Å²) in [5.41, 5.74) is 1.89. The highest BCUT2D eigenvalue weighted by Gasteiger charge is 2.22. The second kappa shape index (κ2) is 4.83. The summed E-state index contributed by atoms with van der Waals surface area (Å²) in [5.74, 6) is 0.960. The summed E-state index contributed by atoms with van der Waals surface area (Å²) < 4.78 is 0. The normalized spacial score (nSPS) is 11.6. The van der Waals surface area contributed by atoms with Gasteiger partial charge in [0.25, 0.3) is 0 Å². The molecule has 1 aromatic rings. The summed E-state index contributed by atoms with van der Waals surface area (Å²) in [4.78, 5) is 6.71. The van der Waals surface area contributed by atoms with Crippen LogP contribution in [0.3, 0.4) is 0 Å². The molecule has 1 rings (SSSR count). The van der Waals surface area contributed by atoms with E-state index in [-0.39, 0.29) is 12.1 Å². The zero-order valence-corrected chi connectivity index (χ0v) is 10.9. The number of hydrogen-bond acceptors (Lipinski definition) is 3. The van der Waals surface area contributed by atoms with Crippen LogP contribution in [0.2, 0.25) is 0 Å². The third kappa shape index (κ3) is 2.53. The highest BCUT2D eigenvalue weighted by atomic mass is 16.3. The Kier molecular flexibility index (Phi) is 3.92. The predicted molar refractivity (Wildman–Crippen MR) is 67.7 cm³/mol. The molecule has 0 bridgehead atoms. The zero-order valence-electron chi connectivity index (χ0n) is 10.9. The largest absolute Gasteiger partial charge is 0.392 e. The van der Waals surface area contributed by atoms with Crippen LogP contribution in [0.5, 0.6) is 0 Å². The third-order valence-corrected chi connectivity index (χ3v) is 3.47. The Labute approximate surface area is 98.1 Å². The van der Waals surface area contributed by atoms with Crippen molar-refractivity contribution in [2.45, 2.75) is 46.3 Å². The maximum Gasteiger partial charge on any atom is 0.128 e. The summed E-state index contributed by atoms with van der Waals surface area (Å²) in [7, 11) is 2.06. The molecule has 1 N–H and O–H groups in total. The first-order chi connectivity index (χ1) is 7.42. The van der Waals surface area contributed by atoms with E-state index in [1.54, 1.807) is 0 Å². The molecular formula is C13H22N2O. The molecule has 0 fully saturated rings. The summed E-state index contributed by atoms with van der Waals surface area (Å²) >= 11 is 0. The van der Waals surface area contributed by atoms with Crippen molar-refractivity contribution >= 4 is 5.82 Å². The van der Waals surface area contributed by atoms with Crippen LogP contribution >= 0.6 is 0 Å². The van der Waals surface area contributed by atoms with Gasteiger partial charge in [-0.2, -0.15) is 0 Å². The fourth-order valence-electron chi connectivity index (χ4n) is 1.48. The van der Waals surface area contributed by atoms with Crippen molar-refractivity contribution < 1.29 is 5.11 Å². The minimum atomic E-state index is 0.0556. The summed E-state index contributed by atoms with van der Waals surface area (Å²) in [5, 5.41) is 9.10. The van der Waals surface area contributed by atoms with Crippen molar-refractivity contribution in [1.82, 2.24) is 4.98 Å². The number of aliphatic hydroxyl groups is 1. The molecule has 0 unspecified atom stereocenters. The molecule has 0 atom stereocenters. The Morgan fingerprint density at radius 3 is 2.44 bits per heavy atom. The van der Waals surface area contributed by atoms with Crippen LogP contribution in [-0.2, 0) is 6.61 Å². The van der Waals surface area contributed by atoms with Gasteiger partial charge in [0.1, 0.15) is 5.82 Å². The molecule has 0 amide bonds. The van der Waals surface area contributed by atoms with Gasteiger partial charge in [-0.25, -0.2) is 4.98 Å². The van der Waals surface area contributed by atoms with Crippen molar-refractivity contribution in [1.29, 1.82) is 0 Å². The first-order valence-electron chi connectivity index (χ1n) is 5.73. The Morgan fingerprint density at radius 1 is 1.38 bits per heavy atom. The Hall–Kier alpha value is -1.09. The smallest absolute Gasteiger partial charge is 0.128 e. The topological polar surface area (TPSA) is 36.4 Å². The van der Waals surface area contributed by atoms with E-state index >= 15 is 0 Å². The van der Waals surface area contributed by atoms with Crippen LogP contribution in [0, 0.1) is 6.92 Å². The van der Waals surface area contributed by atoms with Crippen molar-refractivity contribution in [3.05, 3.63) is 23.4 Å². The number of aryl methyl sites for hydroxylation is 1. The predicted octanol–water partition coefficient (Wildman–Crippen LogP) is 2.51. The van der Waals surface area contributed by atoms with E-state index in [0.717, 1.165) is 23.5 Å². The minimum absolute atomic E-state index is 0.0556. The number of pyridine rings is 1. The van der Waals surface area contributed by atoms with Gasteiger partial charge in [0.15, 0.2) is 0 Å². The number of anilines is 1. The number of hydrogen-bond donors (Lipinski definition) is 1. The van der Waals surface area contributed by atoms with Crippen LogP contribution in [0.4, 0.5) is 5.82 Å². The average Bonchev–Trinajstić information content (AvgIpc) is 2.27. The maximum absolute atomic E-state index is 9.10. The number of aromatic nitrogens is 1. The lowest BCUT2D eigenvalue weighted by molar-refractivity contribution is 0.280. The molecule has 0 aromatic carbocycles. The molecule has 0 saturated carbocycles. The monoisotopic (exact) mass is 222 g/mol. The molecule has 90 valence electrons. The number of rotatable bonds is 4. The average molecular weight is 222 g/mol. The quantitative estimate of drug-likeness (QED) is 0.850. The van der Waals surface area contributed by atoms with Gasteiger partial charge in [0.05, 0.1) is 6.61 Å². The van der Waals surface area contributed by atoms with Gasteiger partial charge in [-0.3, -0.25) is 0 Å². The van der Waals surface area contributed by atoms with E-state index in [0.29, 0.717) is 0 Å². The van der Waals surface area contributed by atoms with Crippen LogP contribution < -0.4 is 4.90 Å². The van der Waals surface area contributed by atoms with Crippen LogP contribution in [0.15, 0.2) is 12.1 Å². The molecule has 1 aromatic heterocycles. The Balaban J connectivity index is 3.02. The molecular weight excluding hydrogens is 200 g/mol. The number of nitrogens with zero attached hydrogens (tertiary/aromatic N) is 2. The van der Waals surface area contributed by atoms with Crippen molar-refractivity contribution in [2.24, 2.45) is 0 Å². The van der Waals surface area contributed by atoms with E-state index < -0.39 is 0 Å². The minimum Gasteiger partial charge on any atom is -0.392 e. The third-order valence-electron chi connectivity index (χ3n) is 3.47. The first-order valence-corrected chi connectivity index (χ1v) is 5.73. The molecule has 16 heavy (non-hydrogen) atoms. The molecule has 1 heterocycles. The summed E-state index contributed by atoms with van der Waals surface area (Å²) in [6.07, 6.45) is 1.06. The standard InChI is InChI=1S/C13H22N2O/c1-6-13(3,4)15(5)12-8-7-11(9-16)10(2)14-12/h7-8,16H,6,9H2,1-5H3. The van der Waals surface area contributed by atoms with Crippen LogP contribution in [0.25, 0.3) is 0 Å². The number of aliphatic hydroxyl groups excluding tert-OH is 1. The molecule has 0 radical (unpaired) electrons. The fraction of sp³-hybridized carbons (Fsp3) is 0.615. The first kappa shape index (κ1) is 13.0. The van der Waals surface area contributed by atoms with Crippen molar-refractivity contribution in [3.8, 4) is 0 Å². The second-order valence-corrected chi connectivity index (χ2v) is 4.80. The van der Waals surface area contributed by atoms with E-state index in [4.69, 9.17) is 5.11 Å². The summed E-state index contributed by atoms with van der Waals surface area (Å²) in [6, 6.07) is 3.91. The van der Waals surface area contributed by atoms with Gasteiger partial charge in [-0.15, -0.1) is 0 Å². The van der Waals surface area contributed by atoms with E-state index in [1.807, 2.05) is 19.1 Å². The van der Waals surface area contributed by atoms with Crippen molar-refractivity contribution in [3.63, 3.8) is 0 Å². The van der Waals surface area contributed by atoms with E-state index in [1.165, 1.54) is 0 Å². The van der Waals surface area contributed by atoms with Gasteiger partial charge >= 0.3 is 0 Å². The fourth-order valence-corrected chi connectivity index (χ4v) is 1.48. The summed E-state index contributed by atoms with van der Waals surface area (Å²) in [6.45, 7) is 8.56. The van der Waals surface area contributed by atoms with Gasteiger partial charge in [-0.1, -0.05) is 13.0 Å². The molecule has 0 aliphatic heterocycles. The Morgan fingerprint density at radius 2 is 2.00 bits per heavy atom. The zero-order chi connectivity index (χ0) is 12.3. The molecule has 0 aliphatic rings. The molecule has 0 saturated heterocycles. The highest BCUT2D eigenvalue weighted by Crippen LogP contribution is 2.23. The lowest BCUT2D eigenvalue weighted by atomic mass is 10.00. The van der Waals surface area contributed by atoms with Crippen LogP contribution in [-0.4, -0.2) is 22.7 Å². The molecule has 3 nitrogen and oxygen atoms in total. The molecule has 3 heteroatoms.